The van der Waals surface area contributed by atoms with Gasteiger partial charge in [0, 0.05) is 36.8 Å². The highest BCUT2D eigenvalue weighted by atomic mass is 16.5. The number of phenols is 2. The second-order valence-corrected chi connectivity index (χ2v) is 20.5. The molecule has 0 amide bonds. The number of phenolic OH excluding ortho intramolecular Hbond substituents is 2. The van der Waals surface area contributed by atoms with Crippen molar-refractivity contribution in [3.63, 3.8) is 0 Å². The zero-order valence-electron chi connectivity index (χ0n) is 35.3. The van der Waals surface area contributed by atoms with E-state index in [4.69, 9.17) is 9.47 Å². The molecule has 3 rings (SSSR count). The third kappa shape index (κ3) is 12.0. The average molecular weight is 722 g/mol. The normalized spacial score (nSPS) is 19.7. The van der Waals surface area contributed by atoms with Gasteiger partial charge < -0.3 is 25.0 Å². The molecule has 1 aliphatic heterocycles. The fourth-order valence-electron chi connectivity index (χ4n) is 7.73. The van der Waals surface area contributed by atoms with Gasteiger partial charge in [0.05, 0.1) is 6.61 Å². The highest BCUT2D eigenvalue weighted by Gasteiger charge is 2.42. The summed E-state index contributed by atoms with van der Waals surface area (Å²) in [5.41, 5.74) is 4.21. The third-order valence-electron chi connectivity index (χ3n) is 10.3. The number of nitrogens with one attached hydrogen (secondary N) is 1. The lowest BCUT2D eigenvalue weighted by Crippen LogP contribution is -2.61. The number of carbonyl (C=O) groups is 2. The molecule has 3 N–H and O–H groups in total. The van der Waals surface area contributed by atoms with Gasteiger partial charge in [-0.1, -0.05) is 107 Å². The van der Waals surface area contributed by atoms with E-state index in [1.165, 1.54) is 0 Å². The second kappa shape index (κ2) is 15.7. The van der Waals surface area contributed by atoms with Crippen LogP contribution in [0.2, 0.25) is 0 Å². The highest BCUT2D eigenvalue weighted by Crippen LogP contribution is 2.42. The van der Waals surface area contributed by atoms with Crippen molar-refractivity contribution < 1.29 is 29.3 Å². The standard InChI is InChI=1S/C45H71NO6/c1-40(2,3)32-23-29(24-33(38(32)49)41(4,5)6)17-19-36(47)51-22-16-21-45(15)28-31(27-44(13,14)46-45)52-37(48)20-18-30-25-34(42(7,8)9)39(50)35(26-30)43(10,11)12/h23-26,31,46,49-50H,16-22,27-28H2,1-15H3. The van der Waals surface area contributed by atoms with Crippen LogP contribution in [-0.2, 0) is 53.6 Å². The minimum Gasteiger partial charge on any atom is -0.507 e. The van der Waals surface area contributed by atoms with Crippen LogP contribution in [0.25, 0.3) is 0 Å². The van der Waals surface area contributed by atoms with Gasteiger partial charge >= 0.3 is 11.9 Å². The predicted molar refractivity (Wildman–Crippen MR) is 213 cm³/mol. The van der Waals surface area contributed by atoms with E-state index >= 15 is 0 Å². The van der Waals surface area contributed by atoms with Gasteiger partial charge in [-0.05, 0) is 101 Å². The number of ether oxygens (including phenoxy) is 2. The molecule has 0 radical (unpaired) electrons. The molecule has 1 saturated heterocycles. The van der Waals surface area contributed by atoms with E-state index in [1.807, 2.05) is 24.3 Å². The Morgan fingerprint density at radius 2 is 1.06 bits per heavy atom. The molecule has 2 atom stereocenters. The first-order chi connectivity index (χ1) is 23.5. The van der Waals surface area contributed by atoms with Crippen LogP contribution in [0.1, 0.15) is 176 Å². The van der Waals surface area contributed by atoms with E-state index in [-0.39, 0.29) is 63.6 Å². The smallest absolute Gasteiger partial charge is 0.306 e. The third-order valence-corrected chi connectivity index (χ3v) is 10.3. The summed E-state index contributed by atoms with van der Waals surface area (Å²) >= 11 is 0. The van der Waals surface area contributed by atoms with Gasteiger partial charge in [0.1, 0.15) is 17.6 Å². The minimum absolute atomic E-state index is 0.209. The van der Waals surface area contributed by atoms with Crippen molar-refractivity contribution >= 4 is 11.9 Å². The Balaban J connectivity index is 1.56. The number of esters is 2. The van der Waals surface area contributed by atoms with E-state index in [9.17, 15) is 19.8 Å². The van der Waals surface area contributed by atoms with Crippen molar-refractivity contribution in [1.29, 1.82) is 0 Å². The number of piperidine rings is 1. The van der Waals surface area contributed by atoms with E-state index in [0.717, 1.165) is 46.2 Å². The zero-order chi connectivity index (χ0) is 39.7. The Labute approximate surface area is 315 Å². The predicted octanol–water partition coefficient (Wildman–Crippen LogP) is 10.0. The number of rotatable bonds is 11. The van der Waals surface area contributed by atoms with Crippen molar-refractivity contribution in [3.8, 4) is 11.5 Å². The van der Waals surface area contributed by atoms with E-state index in [1.54, 1.807) is 0 Å². The van der Waals surface area contributed by atoms with Crippen molar-refractivity contribution in [1.82, 2.24) is 5.32 Å². The Bertz CT molecular complexity index is 1510. The summed E-state index contributed by atoms with van der Waals surface area (Å²) < 4.78 is 11.8. The van der Waals surface area contributed by atoms with Crippen LogP contribution >= 0.6 is 0 Å². The highest BCUT2D eigenvalue weighted by molar-refractivity contribution is 5.70. The van der Waals surface area contributed by atoms with Crippen LogP contribution in [0.15, 0.2) is 24.3 Å². The van der Waals surface area contributed by atoms with Crippen molar-refractivity contribution in [3.05, 3.63) is 57.6 Å². The van der Waals surface area contributed by atoms with E-state index in [2.05, 4.69) is 109 Å². The first-order valence-corrected chi connectivity index (χ1v) is 19.4. The molecule has 1 heterocycles. The van der Waals surface area contributed by atoms with Crippen LogP contribution in [-0.4, -0.2) is 45.9 Å². The van der Waals surface area contributed by atoms with Crippen LogP contribution in [0.4, 0.5) is 0 Å². The lowest BCUT2D eigenvalue weighted by Gasteiger charge is -2.47. The molecule has 1 aliphatic rings. The molecule has 0 aliphatic carbocycles. The molecule has 7 nitrogen and oxygen atoms in total. The quantitative estimate of drug-likeness (QED) is 0.157. The minimum atomic E-state index is -0.280. The Morgan fingerprint density at radius 1 is 0.673 bits per heavy atom. The Morgan fingerprint density at radius 3 is 1.44 bits per heavy atom. The largest absolute Gasteiger partial charge is 0.507 e. The number of carbonyl (C=O) groups excluding carboxylic acids is 2. The van der Waals surface area contributed by atoms with E-state index < -0.39 is 0 Å². The van der Waals surface area contributed by atoms with Gasteiger partial charge in [0.2, 0.25) is 0 Å². The fourth-order valence-corrected chi connectivity index (χ4v) is 7.73. The first kappa shape index (κ1) is 43.3. The molecule has 0 spiro atoms. The lowest BCUT2D eigenvalue weighted by atomic mass is 9.77. The zero-order valence-corrected chi connectivity index (χ0v) is 35.3. The number of aromatic hydroxyl groups is 2. The molecule has 1 fully saturated rings. The lowest BCUT2D eigenvalue weighted by molar-refractivity contribution is -0.153. The maximum atomic E-state index is 13.2. The summed E-state index contributed by atoms with van der Waals surface area (Å²) in [6.07, 6.45) is 4.30. The molecular weight excluding hydrogens is 650 g/mol. The first-order valence-electron chi connectivity index (χ1n) is 19.4. The molecule has 0 aromatic heterocycles. The van der Waals surface area contributed by atoms with Gasteiger partial charge in [0.15, 0.2) is 0 Å². The number of hydrogen-bond acceptors (Lipinski definition) is 7. The summed E-state index contributed by atoms with van der Waals surface area (Å²) in [6.45, 7) is 31.9. The molecule has 292 valence electrons. The Kier molecular flexibility index (Phi) is 13.1. The summed E-state index contributed by atoms with van der Waals surface area (Å²) in [6, 6.07) is 8.12. The fraction of sp³-hybridized carbons (Fsp3) is 0.689. The molecule has 2 aromatic rings. The Hall–Kier alpha value is -3.06. The molecule has 2 aromatic carbocycles. The van der Waals surface area contributed by atoms with Crippen LogP contribution in [0, 0.1) is 0 Å². The maximum absolute atomic E-state index is 13.2. The van der Waals surface area contributed by atoms with Crippen LogP contribution in [0.3, 0.4) is 0 Å². The SMILES string of the molecule is CC1(C)CC(OC(=O)CCc2cc(C(C)(C)C)c(O)c(C(C)(C)C)c2)CC(C)(CCCOC(=O)CCc2cc(C(C)(C)C)c(O)c(C(C)(C)C)c2)N1. The summed E-state index contributed by atoms with van der Waals surface area (Å²) in [7, 11) is 0. The van der Waals surface area contributed by atoms with Crippen molar-refractivity contribution in [2.75, 3.05) is 6.61 Å². The van der Waals surface area contributed by atoms with Gasteiger partial charge in [-0.25, -0.2) is 0 Å². The van der Waals surface area contributed by atoms with Gasteiger partial charge in [0.25, 0.3) is 0 Å². The molecule has 52 heavy (non-hydrogen) atoms. The number of hydrogen-bond donors (Lipinski definition) is 3. The van der Waals surface area contributed by atoms with Crippen LogP contribution < -0.4 is 5.32 Å². The van der Waals surface area contributed by atoms with E-state index in [0.29, 0.717) is 43.8 Å². The second-order valence-electron chi connectivity index (χ2n) is 20.5. The molecule has 0 bridgehead atoms. The average Bonchev–Trinajstić information content (AvgIpc) is 2.94. The van der Waals surface area contributed by atoms with Crippen molar-refractivity contribution in [2.45, 2.75) is 194 Å². The number of aryl methyl sites for hydroxylation is 2. The number of benzene rings is 2. The van der Waals surface area contributed by atoms with Crippen molar-refractivity contribution in [2.24, 2.45) is 0 Å². The topological polar surface area (TPSA) is 105 Å². The molecule has 0 saturated carbocycles. The summed E-state index contributed by atoms with van der Waals surface area (Å²) in [5, 5.41) is 25.9. The van der Waals surface area contributed by atoms with Gasteiger partial charge in [-0.3, -0.25) is 9.59 Å². The summed E-state index contributed by atoms with van der Waals surface area (Å²) in [4.78, 5) is 26.0. The van der Waals surface area contributed by atoms with Gasteiger partial charge in [-0.2, -0.15) is 0 Å². The summed E-state index contributed by atoms with van der Waals surface area (Å²) in [5.74, 6) is 0.250. The maximum Gasteiger partial charge on any atom is 0.306 e. The van der Waals surface area contributed by atoms with Gasteiger partial charge in [-0.15, -0.1) is 0 Å². The monoisotopic (exact) mass is 722 g/mol. The molecular formula is C45H71NO6. The molecule has 7 heteroatoms. The molecule has 2 unspecified atom stereocenters. The van der Waals surface area contributed by atoms with Crippen LogP contribution in [0.5, 0.6) is 11.5 Å².